The first-order chi connectivity index (χ1) is 16.4. The lowest BCUT2D eigenvalue weighted by Gasteiger charge is -2.39. The maximum atomic E-state index is 6.36. The molecule has 5 rings (SSSR count). The molecule has 1 saturated heterocycles. The van der Waals surface area contributed by atoms with Crippen LogP contribution in [0.2, 0.25) is 0 Å². The molecule has 178 valence electrons. The second kappa shape index (κ2) is 8.51. The molecule has 0 spiro atoms. The molecule has 1 N–H and O–H groups in total. The van der Waals surface area contributed by atoms with Crippen molar-refractivity contribution in [2.45, 2.75) is 38.1 Å². The van der Waals surface area contributed by atoms with E-state index in [1.807, 2.05) is 57.2 Å². The minimum absolute atomic E-state index is 0.210. The molecular weight excluding hydrogens is 434 g/mol. The highest BCUT2D eigenvalue weighted by Gasteiger charge is 2.56. The monoisotopic (exact) mass is 463 g/mol. The summed E-state index contributed by atoms with van der Waals surface area (Å²) in [5, 5.41) is 0. The van der Waals surface area contributed by atoms with Crippen LogP contribution in [0.4, 0.5) is 0 Å². The molecule has 7 heteroatoms. The molecule has 0 amide bonds. The summed E-state index contributed by atoms with van der Waals surface area (Å²) in [6, 6.07) is 7.76. The van der Waals surface area contributed by atoms with Crippen molar-refractivity contribution in [2.24, 2.45) is 0 Å². The average molecular weight is 464 g/mol. The van der Waals surface area contributed by atoms with Gasteiger partial charge in [-0.3, -0.25) is 9.68 Å². The van der Waals surface area contributed by atoms with Crippen LogP contribution >= 0.6 is 0 Å². The number of benzene rings is 2. The normalized spacial score (nSPS) is 23.6. The molecule has 2 atom stereocenters. The summed E-state index contributed by atoms with van der Waals surface area (Å²) in [7, 11) is 0. The number of ether oxygens (including phenoxy) is 4. The third-order valence-corrected chi connectivity index (χ3v) is 6.25. The van der Waals surface area contributed by atoms with Crippen LogP contribution in [0.15, 0.2) is 55.7 Å². The van der Waals surface area contributed by atoms with Crippen LogP contribution in [0.1, 0.15) is 42.2 Å². The van der Waals surface area contributed by atoms with Gasteiger partial charge in [-0.2, -0.15) is 0 Å². The Morgan fingerprint density at radius 2 is 1.91 bits per heavy atom. The standard InChI is InChI=1S/C27H29NO6/c1-6-14-29-21-11-9-20(23(17(21)3)30-15-7-2)27-16-31-24-18-12-13-26(4,5)32-22(18)10-8-19(24)25(27)33-28-34-27/h6-13,25,28H,1-2,14-16H2,3-5H3. The van der Waals surface area contributed by atoms with Crippen molar-refractivity contribution in [1.82, 2.24) is 5.64 Å². The smallest absolute Gasteiger partial charge is 0.187 e. The molecule has 0 bridgehead atoms. The molecule has 2 unspecified atom stereocenters. The zero-order valence-electron chi connectivity index (χ0n) is 19.7. The first-order valence-electron chi connectivity index (χ1n) is 11.3. The van der Waals surface area contributed by atoms with Crippen LogP contribution in [-0.2, 0) is 15.3 Å². The third kappa shape index (κ3) is 3.57. The van der Waals surface area contributed by atoms with Crippen molar-refractivity contribution in [3.8, 4) is 23.0 Å². The van der Waals surface area contributed by atoms with Gasteiger partial charge in [-0.15, -0.1) is 0 Å². The van der Waals surface area contributed by atoms with Gasteiger partial charge in [0.1, 0.15) is 54.5 Å². The molecule has 0 saturated carbocycles. The van der Waals surface area contributed by atoms with Gasteiger partial charge >= 0.3 is 0 Å². The number of hydrogen-bond acceptors (Lipinski definition) is 7. The third-order valence-electron chi connectivity index (χ3n) is 6.25. The largest absolute Gasteiger partial charge is 0.489 e. The number of nitrogens with one attached hydrogen (secondary N) is 1. The molecular formula is C27H29NO6. The van der Waals surface area contributed by atoms with Crippen LogP contribution < -0.4 is 24.6 Å². The van der Waals surface area contributed by atoms with E-state index < -0.39 is 11.7 Å². The topological polar surface area (TPSA) is 67.4 Å². The SMILES string of the molecule is C=CCOc1ccc(C23COc4c(ccc5c4C=CC(C)(C)O5)C2ONO3)c(OCC=C)c1C. The number of rotatable bonds is 7. The highest BCUT2D eigenvalue weighted by Crippen LogP contribution is 2.55. The Balaban J connectivity index is 1.60. The van der Waals surface area contributed by atoms with E-state index in [4.69, 9.17) is 28.6 Å². The molecule has 2 aromatic carbocycles. The summed E-state index contributed by atoms with van der Waals surface area (Å²) in [5.41, 5.74) is 4.69. The Morgan fingerprint density at radius 3 is 2.71 bits per heavy atom. The Morgan fingerprint density at radius 1 is 1.12 bits per heavy atom. The fourth-order valence-corrected chi connectivity index (χ4v) is 4.62. The summed E-state index contributed by atoms with van der Waals surface area (Å²) in [4.78, 5) is 12.0. The van der Waals surface area contributed by atoms with Gasteiger partial charge in [0.15, 0.2) is 5.60 Å². The Hall–Kier alpha value is -3.26. The van der Waals surface area contributed by atoms with Crippen molar-refractivity contribution < 1.29 is 28.6 Å². The van der Waals surface area contributed by atoms with Gasteiger partial charge in [0.25, 0.3) is 0 Å². The zero-order valence-corrected chi connectivity index (χ0v) is 19.7. The van der Waals surface area contributed by atoms with Crippen LogP contribution in [0.3, 0.4) is 0 Å². The first-order valence-corrected chi connectivity index (χ1v) is 11.3. The van der Waals surface area contributed by atoms with E-state index in [1.54, 1.807) is 12.2 Å². The molecule has 3 aliphatic rings. The van der Waals surface area contributed by atoms with E-state index in [-0.39, 0.29) is 12.2 Å². The van der Waals surface area contributed by atoms with Gasteiger partial charge in [0.2, 0.25) is 0 Å². The second-order valence-electron chi connectivity index (χ2n) is 9.06. The molecule has 34 heavy (non-hydrogen) atoms. The quantitative estimate of drug-likeness (QED) is 0.573. The number of fused-ring (bicyclic) bond motifs is 5. The van der Waals surface area contributed by atoms with E-state index in [2.05, 4.69) is 18.8 Å². The van der Waals surface area contributed by atoms with E-state index in [1.165, 1.54) is 0 Å². The predicted octanol–water partition coefficient (Wildman–Crippen LogP) is 5.10. The fourth-order valence-electron chi connectivity index (χ4n) is 4.62. The lowest BCUT2D eigenvalue weighted by atomic mass is 9.81. The van der Waals surface area contributed by atoms with E-state index in [0.717, 1.165) is 33.8 Å². The van der Waals surface area contributed by atoms with Gasteiger partial charge < -0.3 is 18.9 Å². The summed E-state index contributed by atoms with van der Waals surface area (Å²) in [6.45, 7) is 14.4. The summed E-state index contributed by atoms with van der Waals surface area (Å²) in [5.74, 6) is 2.86. The molecule has 1 fully saturated rings. The van der Waals surface area contributed by atoms with Gasteiger partial charge in [0, 0.05) is 16.7 Å². The molecule has 3 heterocycles. The van der Waals surface area contributed by atoms with Crippen LogP contribution in [0, 0.1) is 6.92 Å². The van der Waals surface area contributed by atoms with Crippen LogP contribution in [-0.4, -0.2) is 25.4 Å². The Labute approximate surface area is 199 Å². The van der Waals surface area contributed by atoms with Gasteiger partial charge in [-0.05, 0) is 57.2 Å². The second-order valence-corrected chi connectivity index (χ2v) is 9.06. The summed E-state index contributed by atoms with van der Waals surface area (Å²) in [6.07, 6.45) is 7.00. The molecule has 2 aromatic rings. The zero-order chi connectivity index (χ0) is 23.9. The summed E-state index contributed by atoms with van der Waals surface area (Å²) >= 11 is 0. The Kier molecular flexibility index (Phi) is 5.64. The van der Waals surface area contributed by atoms with E-state index in [9.17, 15) is 0 Å². The molecule has 0 aliphatic carbocycles. The minimum atomic E-state index is -0.974. The summed E-state index contributed by atoms with van der Waals surface area (Å²) < 4.78 is 24.4. The van der Waals surface area contributed by atoms with Gasteiger partial charge in [0.05, 0.1) is 5.56 Å². The molecule has 0 radical (unpaired) electrons. The van der Waals surface area contributed by atoms with Crippen molar-refractivity contribution in [3.05, 3.63) is 77.9 Å². The predicted molar refractivity (Wildman–Crippen MR) is 128 cm³/mol. The highest BCUT2D eigenvalue weighted by atomic mass is 17.0. The maximum Gasteiger partial charge on any atom is 0.187 e. The van der Waals surface area contributed by atoms with Crippen molar-refractivity contribution in [1.29, 1.82) is 0 Å². The van der Waals surface area contributed by atoms with Crippen molar-refractivity contribution in [3.63, 3.8) is 0 Å². The molecule has 0 aromatic heterocycles. The first kappa shape index (κ1) is 22.5. The van der Waals surface area contributed by atoms with Crippen LogP contribution in [0.5, 0.6) is 23.0 Å². The molecule has 7 nitrogen and oxygen atoms in total. The van der Waals surface area contributed by atoms with Crippen molar-refractivity contribution >= 4 is 6.08 Å². The van der Waals surface area contributed by atoms with E-state index >= 15 is 0 Å². The fraction of sp³-hybridized carbons (Fsp3) is 0.333. The van der Waals surface area contributed by atoms with Crippen LogP contribution in [0.25, 0.3) is 6.08 Å². The van der Waals surface area contributed by atoms with Gasteiger partial charge in [-0.1, -0.05) is 31.0 Å². The lowest BCUT2D eigenvalue weighted by Crippen LogP contribution is -2.42. The average Bonchev–Trinajstić information content (AvgIpc) is 3.27. The highest BCUT2D eigenvalue weighted by molar-refractivity contribution is 5.70. The Bertz CT molecular complexity index is 1170. The number of hydrogen-bond donors (Lipinski definition) is 1. The maximum absolute atomic E-state index is 6.36. The minimum Gasteiger partial charge on any atom is -0.489 e. The molecule has 3 aliphatic heterocycles. The van der Waals surface area contributed by atoms with Gasteiger partial charge in [-0.25, -0.2) is 0 Å². The van der Waals surface area contributed by atoms with Crippen molar-refractivity contribution in [2.75, 3.05) is 19.8 Å². The van der Waals surface area contributed by atoms with E-state index in [0.29, 0.717) is 24.7 Å². The lowest BCUT2D eigenvalue weighted by molar-refractivity contribution is -0.127.